The molecule has 2 aliphatic heterocycles. The minimum Gasteiger partial charge on any atom is -0.445 e. The summed E-state index contributed by atoms with van der Waals surface area (Å²) in [6.45, 7) is 5.85. The average molecular weight is 374 g/mol. The Morgan fingerprint density at radius 3 is 2.33 bits per heavy atom. The van der Waals surface area contributed by atoms with Crippen molar-refractivity contribution in [3.63, 3.8) is 0 Å². The molecule has 0 aromatic heterocycles. The van der Waals surface area contributed by atoms with Gasteiger partial charge in [0.25, 0.3) is 0 Å². The van der Waals surface area contributed by atoms with Crippen LogP contribution in [0.2, 0.25) is 0 Å². The van der Waals surface area contributed by atoms with Crippen molar-refractivity contribution in [3.8, 4) is 0 Å². The van der Waals surface area contributed by atoms with Crippen molar-refractivity contribution in [3.05, 3.63) is 35.9 Å². The van der Waals surface area contributed by atoms with Gasteiger partial charge in [-0.1, -0.05) is 30.3 Å². The topological polar surface area (TPSA) is 67.9 Å². The van der Waals surface area contributed by atoms with Crippen molar-refractivity contribution < 1.29 is 19.1 Å². The third kappa shape index (κ3) is 5.37. The summed E-state index contributed by atoms with van der Waals surface area (Å²) in [6, 6.07) is 9.97. The Balaban J connectivity index is 1.56. The number of fused-ring (bicyclic) bond motifs is 2. The van der Waals surface area contributed by atoms with Gasteiger partial charge in [-0.05, 0) is 58.4 Å². The minimum absolute atomic E-state index is 0.0355. The normalized spacial score (nSPS) is 24.9. The van der Waals surface area contributed by atoms with Crippen molar-refractivity contribution in [1.29, 1.82) is 0 Å². The summed E-state index contributed by atoms with van der Waals surface area (Å²) in [5.74, 6) is 0. The summed E-state index contributed by atoms with van der Waals surface area (Å²) in [7, 11) is 0. The second-order valence-electron chi connectivity index (χ2n) is 8.50. The number of nitrogens with one attached hydrogen (secondary N) is 1. The molecular formula is C21H30N2O4. The molecule has 2 atom stereocenters. The fourth-order valence-electron chi connectivity index (χ4n) is 4.07. The van der Waals surface area contributed by atoms with Gasteiger partial charge in [-0.25, -0.2) is 9.59 Å². The van der Waals surface area contributed by atoms with Crippen LogP contribution in [0.1, 0.15) is 58.4 Å². The quantitative estimate of drug-likeness (QED) is 0.859. The van der Waals surface area contributed by atoms with E-state index in [9.17, 15) is 9.59 Å². The zero-order chi connectivity index (χ0) is 19.4. The fraction of sp³-hybridized carbons (Fsp3) is 0.619. The van der Waals surface area contributed by atoms with Gasteiger partial charge in [-0.2, -0.15) is 0 Å². The van der Waals surface area contributed by atoms with Gasteiger partial charge in [0.2, 0.25) is 0 Å². The Bertz CT molecular complexity index is 642. The molecule has 1 aromatic rings. The first-order valence-corrected chi connectivity index (χ1v) is 9.80. The van der Waals surface area contributed by atoms with Gasteiger partial charge in [-0.3, -0.25) is 0 Å². The van der Waals surface area contributed by atoms with E-state index in [1.54, 1.807) is 0 Å². The molecule has 2 heterocycles. The molecule has 2 saturated heterocycles. The van der Waals surface area contributed by atoms with E-state index in [0.717, 1.165) is 37.7 Å². The molecule has 2 unspecified atom stereocenters. The Hall–Kier alpha value is -2.24. The Kier molecular flexibility index (Phi) is 5.92. The summed E-state index contributed by atoms with van der Waals surface area (Å²) in [6.07, 6.45) is 3.87. The third-order valence-corrected chi connectivity index (χ3v) is 5.11. The van der Waals surface area contributed by atoms with Crippen LogP contribution in [0.5, 0.6) is 0 Å². The van der Waals surface area contributed by atoms with E-state index >= 15 is 0 Å². The molecule has 2 aliphatic rings. The van der Waals surface area contributed by atoms with Gasteiger partial charge in [0.15, 0.2) is 0 Å². The standard InChI is InChI=1S/C21H30N2O4/c1-21(2,3)27-19(24)22-16-12-17-10-7-11-18(13-16)23(17)20(25)26-14-15-8-5-4-6-9-15/h4-6,8-9,16-18H,7,10-14H2,1-3H3,(H,22,24). The molecule has 6 nitrogen and oxygen atoms in total. The fourth-order valence-corrected chi connectivity index (χ4v) is 4.07. The summed E-state index contributed by atoms with van der Waals surface area (Å²) in [5.41, 5.74) is 0.472. The van der Waals surface area contributed by atoms with E-state index in [-0.39, 0.29) is 36.9 Å². The lowest BCUT2D eigenvalue weighted by Gasteiger charge is -2.48. The highest BCUT2D eigenvalue weighted by atomic mass is 16.6. The van der Waals surface area contributed by atoms with Crippen LogP contribution in [0.15, 0.2) is 30.3 Å². The zero-order valence-corrected chi connectivity index (χ0v) is 16.4. The van der Waals surface area contributed by atoms with E-state index in [1.165, 1.54) is 0 Å². The van der Waals surface area contributed by atoms with Crippen LogP contribution in [-0.2, 0) is 16.1 Å². The summed E-state index contributed by atoms with van der Waals surface area (Å²) in [5, 5.41) is 2.98. The largest absolute Gasteiger partial charge is 0.445 e. The van der Waals surface area contributed by atoms with Crippen LogP contribution >= 0.6 is 0 Å². The third-order valence-electron chi connectivity index (χ3n) is 5.11. The highest BCUT2D eigenvalue weighted by Gasteiger charge is 2.42. The lowest BCUT2D eigenvalue weighted by Crippen LogP contribution is -2.59. The molecule has 27 heavy (non-hydrogen) atoms. The van der Waals surface area contributed by atoms with Gasteiger partial charge < -0.3 is 19.7 Å². The smallest absolute Gasteiger partial charge is 0.410 e. The van der Waals surface area contributed by atoms with Crippen LogP contribution < -0.4 is 5.32 Å². The van der Waals surface area contributed by atoms with Crippen molar-refractivity contribution in [2.75, 3.05) is 0 Å². The van der Waals surface area contributed by atoms with Crippen LogP contribution in [0.25, 0.3) is 0 Å². The van der Waals surface area contributed by atoms with E-state index < -0.39 is 5.60 Å². The number of benzene rings is 1. The second-order valence-corrected chi connectivity index (χ2v) is 8.50. The van der Waals surface area contributed by atoms with Crippen molar-refractivity contribution in [2.24, 2.45) is 0 Å². The number of rotatable bonds is 3. The molecule has 0 aliphatic carbocycles. The molecule has 2 amide bonds. The van der Waals surface area contributed by atoms with Crippen LogP contribution in [0.3, 0.4) is 0 Å². The lowest BCUT2D eigenvalue weighted by atomic mass is 9.82. The van der Waals surface area contributed by atoms with Gasteiger partial charge in [0.1, 0.15) is 12.2 Å². The predicted octanol–water partition coefficient (Wildman–Crippen LogP) is 4.23. The van der Waals surface area contributed by atoms with Gasteiger partial charge >= 0.3 is 12.2 Å². The molecule has 3 rings (SSSR count). The van der Waals surface area contributed by atoms with Crippen molar-refractivity contribution in [1.82, 2.24) is 10.2 Å². The van der Waals surface area contributed by atoms with E-state index in [0.29, 0.717) is 0 Å². The first-order chi connectivity index (χ1) is 12.8. The predicted molar refractivity (Wildman–Crippen MR) is 102 cm³/mol. The monoisotopic (exact) mass is 374 g/mol. The zero-order valence-electron chi connectivity index (χ0n) is 16.4. The SMILES string of the molecule is CC(C)(C)OC(=O)NC1CC2CCCC(C1)N2C(=O)OCc1ccccc1. The maximum absolute atomic E-state index is 12.7. The number of piperidine rings is 2. The number of carbonyl (C=O) groups is 2. The molecule has 2 fully saturated rings. The summed E-state index contributed by atoms with van der Waals surface area (Å²) >= 11 is 0. The summed E-state index contributed by atoms with van der Waals surface area (Å²) < 4.78 is 10.9. The van der Waals surface area contributed by atoms with Gasteiger partial charge in [0.05, 0.1) is 0 Å². The van der Waals surface area contributed by atoms with E-state index in [1.807, 2.05) is 56.0 Å². The van der Waals surface area contributed by atoms with Crippen molar-refractivity contribution >= 4 is 12.2 Å². The Morgan fingerprint density at radius 2 is 1.74 bits per heavy atom. The molecule has 6 heteroatoms. The number of hydrogen-bond acceptors (Lipinski definition) is 4. The molecule has 1 N–H and O–H groups in total. The van der Waals surface area contributed by atoms with E-state index in [2.05, 4.69) is 5.32 Å². The molecule has 2 bridgehead atoms. The van der Waals surface area contributed by atoms with Gasteiger partial charge in [-0.15, -0.1) is 0 Å². The number of hydrogen-bond donors (Lipinski definition) is 1. The number of nitrogens with zero attached hydrogens (tertiary/aromatic N) is 1. The molecule has 0 radical (unpaired) electrons. The highest BCUT2D eigenvalue weighted by molar-refractivity contribution is 5.70. The molecule has 148 valence electrons. The average Bonchev–Trinajstić information content (AvgIpc) is 2.58. The number of ether oxygens (including phenoxy) is 2. The number of amides is 2. The first-order valence-electron chi connectivity index (χ1n) is 9.80. The molecule has 0 saturated carbocycles. The Labute approximate surface area is 161 Å². The maximum atomic E-state index is 12.7. The molecule has 1 aromatic carbocycles. The Morgan fingerprint density at radius 1 is 1.11 bits per heavy atom. The lowest BCUT2D eigenvalue weighted by molar-refractivity contribution is 0.00654. The molecule has 0 spiro atoms. The second kappa shape index (κ2) is 8.19. The van der Waals surface area contributed by atoms with E-state index in [4.69, 9.17) is 9.47 Å². The maximum Gasteiger partial charge on any atom is 0.410 e. The van der Waals surface area contributed by atoms with Crippen LogP contribution in [0.4, 0.5) is 9.59 Å². The van der Waals surface area contributed by atoms with Crippen LogP contribution in [-0.4, -0.2) is 40.8 Å². The molecular weight excluding hydrogens is 344 g/mol. The minimum atomic E-state index is -0.512. The summed E-state index contributed by atoms with van der Waals surface area (Å²) in [4.78, 5) is 26.7. The number of alkyl carbamates (subject to hydrolysis) is 1. The van der Waals surface area contributed by atoms with Crippen molar-refractivity contribution in [2.45, 2.75) is 83.2 Å². The van der Waals surface area contributed by atoms with Crippen LogP contribution in [0, 0.1) is 0 Å². The number of carbonyl (C=O) groups excluding carboxylic acids is 2. The highest BCUT2D eigenvalue weighted by Crippen LogP contribution is 2.34. The first kappa shape index (κ1) is 19.5. The van der Waals surface area contributed by atoms with Gasteiger partial charge in [0, 0.05) is 18.1 Å².